The monoisotopic (exact) mass is 1000 g/mol. The van der Waals surface area contributed by atoms with E-state index in [-0.39, 0.29) is 46.4 Å². The third kappa shape index (κ3) is 8.62. The van der Waals surface area contributed by atoms with Gasteiger partial charge in [0.25, 0.3) is 0 Å². The Morgan fingerprint density at radius 2 is 1.64 bits per heavy atom. The zero-order valence-corrected chi connectivity index (χ0v) is 42.1. The number of imidazole rings is 1. The van der Waals surface area contributed by atoms with Crippen LogP contribution in [0.25, 0.3) is 44.0 Å². The highest BCUT2D eigenvalue weighted by molar-refractivity contribution is 6.03. The van der Waals surface area contributed by atoms with E-state index in [1.54, 1.807) is 23.9 Å². The van der Waals surface area contributed by atoms with Gasteiger partial charge in [-0.3, -0.25) is 29.0 Å². The van der Waals surface area contributed by atoms with Crippen LogP contribution in [0, 0.1) is 41.3 Å². The zero-order valence-electron chi connectivity index (χ0n) is 42.1. The Bertz CT molecular complexity index is 3310. The van der Waals surface area contributed by atoms with Crippen LogP contribution in [0.1, 0.15) is 75.8 Å². The van der Waals surface area contributed by atoms with Crippen LogP contribution in [0.3, 0.4) is 0 Å². The number of ether oxygens (including phenoxy) is 1. The summed E-state index contributed by atoms with van der Waals surface area (Å²) in [4.78, 5) is 62.5. The molecule has 0 radical (unpaired) electrons. The van der Waals surface area contributed by atoms with Crippen molar-refractivity contribution in [1.82, 2.24) is 44.5 Å². The lowest BCUT2D eigenvalue weighted by Crippen LogP contribution is -2.56. The maximum Gasteiger partial charge on any atom is 0.329 e. The third-order valence-corrected chi connectivity index (χ3v) is 18.0. The number of rotatable bonds is 11. The number of phenols is 1. The van der Waals surface area contributed by atoms with Crippen molar-refractivity contribution in [3.05, 3.63) is 76.6 Å². The number of phenolic OH excluding ortho intramolecular Hbond substituents is 1. The predicted octanol–water partition coefficient (Wildman–Crippen LogP) is 5.96. The SMILES string of the molecule is C#Cc1cccc2cc(O)cc(-c3ncc4c(N5CC6CC7CCC7CC(C5)N6)nc(OCC5(CN6CCN(CC7CCN(c8ccc9c(c8)n(C)c(=O)n9C8CCC(=O)NC8=O)CC7)CC6)CC5)nc4c3F)c12. The molecule has 6 aromatic rings. The molecule has 16 nitrogen and oxygen atoms in total. The molecular formula is C57H64FN11O5. The number of carbonyl (C=O) groups excluding carboxylic acids is 2. The van der Waals surface area contributed by atoms with Crippen LogP contribution in [0.2, 0.25) is 0 Å². The molecular weight excluding hydrogens is 938 g/mol. The van der Waals surface area contributed by atoms with E-state index in [0.717, 1.165) is 127 Å². The summed E-state index contributed by atoms with van der Waals surface area (Å²) in [6.07, 6.45) is 17.3. The highest BCUT2D eigenvalue weighted by atomic mass is 19.1. The highest BCUT2D eigenvalue weighted by Crippen LogP contribution is 2.48. The lowest BCUT2D eigenvalue weighted by atomic mass is 9.69. The van der Waals surface area contributed by atoms with Gasteiger partial charge in [-0.05, 0) is 117 Å². The molecule has 384 valence electrons. The van der Waals surface area contributed by atoms with Gasteiger partial charge in [0, 0.05) is 125 Å². The minimum absolute atomic E-state index is 0.00704. The van der Waals surface area contributed by atoms with Gasteiger partial charge in [0.15, 0.2) is 5.82 Å². The molecule has 7 fully saturated rings. The van der Waals surface area contributed by atoms with E-state index in [4.69, 9.17) is 26.1 Å². The van der Waals surface area contributed by atoms with E-state index in [0.29, 0.717) is 69.6 Å². The minimum Gasteiger partial charge on any atom is -0.508 e. The Morgan fingerprint density at radius 1 is 0.878 bits per heavy atom. The number of halogens is 1. The van der Waals surface area contributed by atoms with Crippen LogP contribution in [0.5, 0.6) is 11.8 Å². The first kappa shape index (κ1) is 47.1. The number of imide groups is 1. The summed E-state index contributed by atoms with van der Waals surface area (Å²) in [5.41, 5.74) is 3.50. The maximum atomic E-state index is 17.4. The Morgan fingerprint density at radius 3 is 2.35 bits per heavy atom. The number of aryl methyl sites for hydroxylation is 1. The molecule has 3 aromatic heterocycles. The predicted molar refractivity (Wildman–Crippen MR) is 282 cm³/mol. The molecule has 7 aliphatic rings. The number of fused-ring (bicyclic) bond motifs is 6. The molecule has 2 bridgehead atoms. The van der Waals surface area contributed by atoms with Gasteiger partial charge in [-0.25, -0.2) is 9.18 Å². The zero-order chi connectivity index (χ0) is 50.4. The first-order chi connectivity index (χ1) is 36.0. The van der Waals surface area contributed by atoms with Crippen LogP contribution >= 0.6 is 0 Å². The molecule has 5 saturated heterocycles. The van der Waals surface area contributed by atoms with E-state index in [1.807, 2.05) is 24.3 Å². The number of hydrogen-bond acceptors (Lipinski definition) is 13. The largest absolute Gasteiger partial charge is 0.508 e. The number of benzene rings is 3. The topological polar surface area (TPSA) is 166 Å². The van der Waals surface area contributed by atoms with Gasteiger partial charge in [-0.15, -0.1) is 6.42 Å². The molecule has 5 atom stereocenters. The highest BCUT2D eigenvalue weighted by Gasteiger charge is 2.46. The molecule has 0 spiro atoms. The summed E-state index contributed by atoms with van der Waals surface area (Å²) in [6.45, 7) is 9.88. The number of nitrogens with zero attached hydrogens (tertiary/aromatic N) is 9. The number of amides is 2. The molecule has 5 aliphatic heterocycles. The second-order valence-corrected chi connectivity index (χ2v) is 22.7. The standard InChI is InChI=1S/C57H64FN11O5/c1-3-35-5-4-6-38-25-42(70)27-43(49(35)38)51-50(58)52-44(28-59-51)53(68-30-39-23-36-7-8-37(36)24-40(31-68)60-39)63-55(62-52)74-33-57(15-16-57)32-66-21-19-65(20-22-66)29-34-13-17-67(18-14-34)41-9-10-45-47(26-41)64(2)56(73)69(45)46-11-12-48(71)61-54(46)72/h1,4-6,9-10,25-28,34,36-37,39-40,46,60,70H,7-8,11-24,29-33H2,2H3,(H,61,71,72). The molecule has 3 aromatic carbocycles. The quantitative estimate of drug-likeness (QED) is 0.103. The van der Waals surface area contributed by atoms with Gasteiger partial charge >= 0.3 is 11.7 Å². The van der Waals surface area contributed by atoms with E-state index in [9.17, 15) is 19.5 Å². The number of terminal acetylenes is 1. The number of aromatic nitrogens is 5. The average molecular weight is 1000 g/mol. The van der Waals surface area contributed by atoms with Crippen LogP contribution < -0.4 is 30.9 Å². The van der Waals surface area contributed by atoms with E-state index in [2.05, 4.69) is 48.3 Å². The number of pyridine rings is 1. The number of aromatic hydroxyl groups is 1. The molecule has 13 rings (SSSR count). The van der Waals surface area contributed by atoms with Gasteiger partial charge in [0.05, 0.1) is 23.0 Å². The molecule has 2 amide bonds. The van der Waals surface area contributed by atoms with Crippen LogP contribution in [0.4, 0.5) is 15.9 Å². The minimum atomic E-state index is -0.698. The second-order valence-electron chi connectivity index (χ2n) is 22.7. The number of hydrogen-bond donors (Lipinski definition) is 3. The van der Waals surface area contributed by atoms with Crippen molar-refractivity contribution in [2.45, 2.75) is 82.3 Å². The lowest BCUT2D eigenvalue weighted by molar-refractivity contribution is -0.135. The Hall–Kier alpha value is -6.61. The molecule has 2 aliphatic carbocycles. The average Bonchev–Trinajstić information content (AvgIpc) is 4.14. The Kier molecular flexibility index (Phi) is 11.9. The van der Waals surface area contributed by atoms with E-state index >= 15 is 4.39 Å². The molecule has 3 N–H and O–H groups in total. The summed E-state index contributed by atoms with van der Waals surface area (Å²) in [5.74, 6) is 4.19. The lowest BCUT2D eigenvalue weighted by Gasteiger charge is -2.40. The van der Waals surface area contributed by atoms with Crippen molar-refractivity contribution in [1.29, 1.82) is 0 Å². The number of piperazine rings is 2. The maximum absolute atomic E-state index is 17.4. The van der Waals surface area contributed by atoms with Crippen LogP contribution in [-0.2, 0) is 16.6 Å². The van der Waals surface area contributed by atoms with Crippen molar-refractivity contribution >= 4 is 56.0 Å². The van der Waals surface area contributed by atoms with Crippen molar-refractivity contribution in [2.24, 2.45) is 30.2 Å². The smallest absolute Gasteiger partial charge is 0.329 e. The Labute approximate surface area is 429 Å². The number of anilines is 2. The molecule has 5 unspecified atom stereocenters. The van der Waals surface area contributed by atoms with Gasteiger partial charge < -0.3 is 34.8 Å². The third-order valence-electron chi connectivity index (χ3n) is 18.0. The summed E-state index contributed by atoms with van der Waals surface area (Å²) in [6, 6.07) is 14.8. The number of nitrogens with one attached hydrogen (secondary N) is 2. The number of piperidine rings is 2. The van der Waals surface area contributed by atoms with E-state index < -0.39 is 17.8 Å². The van der Waals surface area contributed by atoms with Gasteiger partial charge in [0.2, 0.25) is 11.8 Å². The van der Waals surface area contributed by atoms with Gasteiger partial charge in [-0.1, -0.05) is 18.1 Å². The first-order valence-electron chi connectivity index (χ1n) is 26.9. The van der Waals surface area contributed by atoms with Crippen molar-refractivity contribution < 1.29 is 23.8 Å². The van der Waals surface area contributed by atoms with Gasteiger partial charge in [0.1, 0.15) is 28.8 Å². The normalized spacial score (nSPS) is 25.4. The van der Waals surface area contributed by atoms with Crippen LogP contribution in [0.15, 0.2) is 59.5 Å². The molecule has 74 heavy (non-hydrogen) atoms. The fourth-order valence-corrected chi connectivity index (χ4v) is 13.6. The van der Waals surface area contributed by atoms with E-state index in [1.165, 1.54) is 23.5 Å². The fraction of sp³-hybridized carbons (Fsp3) is 0.509. The van der Waals surface area contributed by atoms with Crippen LogP contribution in [-0.4, -0.2) is 135 Å². The summed E-state index contributed by atoms with van der Waals surface area (Å²) >= 11 is 0. The Balaban J connectivity index is 0.668. The van der Waals surface area contributed by atoms with Gasteiger partial charge in [-0.2, -0.15) is 9.97 Å². The summed E-state index contributed by atoms with van der Waals surface area (Å²) < 4.78 is 27.2. The van der Waals surface area contributed by atoms with Crippen molar-refractivity contribution in [2.75, 3.05) is 81.9 Å². The fourth-order valence-electron chi connectivity index (χ4n) is 13.6. The van der Waals surface area contributed by atoms with Crippen molar-refractivity contribution in [3.8, 4) is 35.4 Å². The van der Waals surface area contributed by atoms with Crippen molar-refractivity contribution in [3.63, 3.8) is 0 Å². The second kappa shape index (κ2) is 18.6. The molecule has 17 heteroatoms. The molecule has 8 heterocycles. The first-order valence-corrected chi connectivity index (χ1v) is 26.9. The summed E-state index contributed by atoms with van der Waals surface area (Å²) in [7, 11) is 1.74. The molecule has 2 saturated carbocycles. The summed E-state index contributed by atoms with van der Waals surface area (Å²) in [5, 5.41) is 19.0. The number of carbonyl (C=O) groups is 2.